The highest BCUT2D eigenvalue weighted by Crippen LogP contribution is 2.18. The molecule has 0 bridgehead atoms. The molecule has 1 aliphatic rings. The number of guanidine groups is 1. The van der Waals surface area contributed by atoms with E-state index in [0.29, 0.717) is 6.54 Å². The van der Waals surface area contributed by atoms with Gasteiger partial charge in [0, 0.05) is 45.5 Å². The predicted octanol–water partition coefficient (Wildman–Crippen LogP) is 3.00. The topological polar surface area (TPSA) is 48.7 Å². The van der Waals surface area contributed by atoms with Gasteiger partial charge in [-0.15, -0.1) is 0 Å². The van der Waals surface area contributed by atoms with Gasteiger partial charge in [-0.1, -0.05) is 12.1 Å². The number of anilines is 1. The van der Waals surface area contributed by atoms with Crippen LogP contribution in [0, 0.1) is 5.82 Å². The van der Waals surface area contributed by atoms with Crippen LogP contribution >= 0.6 is 0 Å². The Balaban J connectivity index is 1.44. The summed E-state index contributed by atoms with van der Waals surface area (Å²) in [6.45, 7) is 6.92. The first-order valence-electron chi connectivity index (χ1n) is 10.1. The molecule has 4 rings (SSSR count). The number of nitrogens with zero attached hydrogens (tertiary/aromatic N) is 5. The zero-order valence-corrected chi connectivity index (χ0v) is 17.0. The van der Waals surface area contributed by atoms with Crippen molar-refractivity contribution in [2.24, 2.45) is 12.0 Å². The molecule has 6 nitrogen and oxygen atoms in total. The molecule has 2 aromatic carbocycles. The summed E-state index contributed by atoms with van der Waals surface area (Å²) in [5.74, 6) is 1.67. The number of hydrogen-bond donors (Lipinski definition) is 1. The zero-order valence-electron chi connectivity index (χ0n) is 17.0. The fourth-order valence-corrected chi connectivity index (χ4v) is 3.74. The first kappa shape index (κ1) is 19.2. The lowest BCUT2D eigenvalue weighted by Crippen LogP contribution is -2.52. The fraction of sp³-hybridized carbons (Fsp3) is 0.364. The number of fused-ring (bicyclic) bond motifs is 1. The molecule has 0 amide bonds. The summed E-state index contributed by atoms with van der Waals surface area (Å²) >= 11 is 0. The van der Waals surface area contributed by atoms with E-state index in [1.165, 1.54) is 12.1 Å². The summed E-state index contributed by atoms with van der Waals surface area (Å²) in [6.07, 6.45) is 0. The van der Waals surface area contributed by atoms with Crippen LogP contribution in [-0.2, 0) is 13.6 Å². The first-order valence-corrected chi connectivity index (χ1v) is 10.1. The van der Waals surface area contributed by atoms with Gasteiger partial charge in [0.15, 0.2) is 5.96 Å². The molecule has 1 aromatic heterocycles. The van der Waals surface area contributed by atoms with Crippen molar-refractivity contribution >= 4 is 22.7 Å². The average molecular weight is 394 g/mol. The number of aromatic nitrogens is 2. The Morgan fingerprint density at radius 3 is 2.48 bits per heavy atom. The number of aryl methyl sites for hydroxylation is 1. The molecule has 29 heavy (non-hydrogen) atoms. The van der Waals surface area contributed by atoms with Gasteiger partial charge in [0.25, 0.3) is 0 Å². The molecule has 7 heteroatoms. The standard InChI is InChI=1S/C22H27FN6/c1-3-24-22(25-16-21-26-19-6-4-5-7-20(19)27(21)2)29-14-12-28(13-15-29)18-10-8-17(23)9-11-18/h4-11H,3,12-16H2,1-2H3,(H,24,25). The van der Waals surface area contributed by atoms with Crippen molar-refractivity contribution in [3.8, 4) is 0 Å². The van der Waals surface area contributed by atoms with Gasteiger partial charge < -0.3 is 19.7 Å². The Morgan fingerprint density at radius 1 is 1.07 bits per heavy atom. The van der Waals surface area contributed by atoms with E-state index < -0.39 is 0 Å². The third-order valence-corrected chi connectivity index (χ3v) is 5.36. The first-order chi connectivity index (χ1) is 14.2. The maximum Gasteiger partial charge on any atom is 0.194 e. The molecule has 1 fully saturated rings. The van der Waals surface area contributed by atoms with Crippen LogP contribution in [0.15, 0.2) is 53.5 Å². The Labute approximate surface area is 170 Å². The predicted molar refractivity (Wildman–Crippen MR) is 116 cm³/mol. The van der Waals surface area contributed by atoms with Crippen molar-refractivity contribution in [2.75, 3.05) is 37.6 Å². The molecule has 1 N–H and O–H groups in total. The van der Waals surface area contributed by atoms with Crippen molar-refractivity contribution in [1.82, 2.24) is 19.8 Å². The number of benzene rings is 2. The number of halogens is 1. The number of hydrogen-bond acceptors (Lipinski definition) is 3. The van der Waals surface area contributed by atoms with E-state index in [4.69, 9.17) is 9.98 Å². The fourth-order valence-electron chi connectivity index (χ4n) is 3.74. The highest BCUT2D eigenvalue weighted by atomic mass is 19.1. The van der Waals surface area contributed by atoms with Crippen LogP contribution in [0.1, 0.15) is 12.7 Å². The lowest BCUT2D eigenvalue weighted by molar-refractivity contribution is 0.372. The maximum atomic E-state index is 13.2. The summed E-state index contributed by atoms with van der Waals surface area (Å²) in [7, 11) is 2.04. The Morgan fingerprint density at radius 2 is 1.79 bits per heavy atom. The maximum absolute atomic E-state index is 13.2. The summed E-state index contributed by atoms with van der Waals surface area (Å²) in [5, 5.41) is 3.41. The largest absolute Gasteiger partial charge is 0.368 e. The second kappa shape index (κ2) is 8.51. The van der Waals surface area contributed by atoms with Crippen LogP contribution in [-0.4, -0.2) is 53.1 Å². The minimum atomic E-state index is -0.198. The molecular formula is C22H27FN6. The zero-order chi connectivity index (χ0) is 20.2. The van der Waals surface area contributed by atoms with E-state index in [1.54, 1.807) is 0 Å². The van der Waals surface area contributed by atoms with E-state index in [0.717, 1.165) is 61.2 Å². The number of nitrogens with one attached hydrogen (secondary N) is 1. The number of rotatable bonds is 4. The molecule has 0 atom stereocenters. The molecule has 0 saturated carbocycles. The lowest BCUT2D eigenvalue weighted by Gasteiger charge is -2.37. The summed E-state index contributed by atoms with van der Waals surface area (Å²) < 4.78 is 15.3. The van der Waals surface area contributed by atoms with Crippen molar-refractivity contribution in [1.29, 1.82) is 0 Å². The van der Waals surface area contributed by atoms with Gasteiger partial charge in [0.05, 0.1) is 11.0 Å². The number of imidazole rings is 1. The third-order valence-electron chi connectivity index (χ3n) is 5.36. The van der Waals surface area contributed by atoms with Gasteiger partial charge in [0.1, 0.15) is 18.2 Å². The van der Waals surface area contributed by atoms with E-state index in [-0.39, 0.29) is 5.82 Å². The number of piperazine rings is 1. The number of aliphatic imine (C=N–C) groups is 1. The molecule has 1 saturated heterocycles. The van der Waals surface area contributed by atoms with Gasteiger partial charge in [-0.25, -0.2) is 14.4 Å². The van der Waals surface area contributed by atoms with E-state index in [2.05, 4.69) is 32.7 Å². The highest BCUT2D eigenvalue weighted by Gasteiger charge is 2.20. The molecule has 0 aliphatic carbocycles. The third kappa shape index (κ3) is 4.18. The second-order valence-corrected chi connectivity index (χ2v) is 7.20. The summed E-state index contributed by atoms with van der Waals surface area (Å²) in [5.41, 5.74) is 3.18. The second-order valence-electron chi connectivity index (χ2n) is 7.20. The molecular weight excluding hydrogens is 367 g/mol. The monoisotopic (exact) mass is 394 g/mol. The van der Waals surface area contributed by atoms with Crippen LogP contribution in [0.5, 0.6) is 0 Å². The quantitative estimate of drug-likeness (QED) is 0.546. The van der Waals surface area contributed by atoms with Gasteiger partial charge in [-0.05, 0) is 43.3 Å². The Kier molecular flexibility index (Phi) is 5.64. The van der Waals surface area contributed by atoms with Gasteiger partial charge in [-0.2, -0.15) is 0 Å². The van der Waals surface area contributed by atoms with Gasteiger partial charge in [0.2, 0.25) is 0 Å². The van der Waals surface area contributed by atoms with Crippen LogP contribution in [0.4, 0.5) is 10.1 Å². The van der Waals surface area contributed by atoms with E-state index >= 15 is 0 Å². The van der Waals surface area contributed by atoms with Crippen molar-refractivity contribution in [3.63, 3.8) is 0 Å². The van der Waals surface area contributed by atoms with Gasteiger partial charge >= 0.3 is 0 Å². The van der Waals surface area contributed by atoms with E-state index in [1.807, 2.05) is 37.4 Å². The number of para-hydroxylation sites is 2. The van der Waals surface area contributed by atoms with Crippen molar-refractivity contribution in [2.45, 2.75) is 13.5 Å². The van der Waals surface area contributed by atoms with Crippen LogP contribution in [0.25, 0.3) is 11.0 Å². The highest BCUT2D eigenvalue weighted by molar-refractivity contribution is 5.80. The average Bonchev–Trinajstić information content (AvgIpc) is 3.08. The molecule has 152 valence electrons. The van der Waals surface area contributed by atoms with Crippen LogP contribution < -0.4 is 10.2 Å². The summed E-state index contributed by atoms with van der Waals surface area (Å²) in [6, 6.07) is 14.9. The molecule has 0 unspecified atom stereocenters. The minimum absolute atomic E-state index is 0.198. The Hall–Kier alpha value is -3.09. The van der Waals surface area contributed by atoms with Crippen molar-refractivity contribution < 1.29 is 4.39 Å². The SMILES string of the molecule is CCNC(=NCc1nc2ccccc2n1C)N1CCN(c2ccc(F)cc2)CC1. The van der Waals surface area contributed by atoms with Gasteiger partial charge in [-0.3, -0.25) is 0 Å². The molecule has 2 heterocycles. The molecule has 1 aliphatic heterocycles. The smallest absolute Gasteiger partial charge is 0.194 e. The molecule has 3 aromatic rings. The molecule has 0 spiro atoms. The van der Waals surface area contributed by atoms with Crippen molar-refractivity contribution in [3.05, 3.63) is 60.2 Å². The lowest BCUT2D eigenvalue weighted by atomic mass is 10.2. The van der Waals surface area contributed by atoms with E-state index in [9.17, 15) is 4.39 Å². The normalized spacial score (nSPS) is 15.2. The van der Waals surface area contributed by atoms with Crippen LogP contribution in [0.2, 0.25) is 0 Å². The summed E-state index contributed by atoms with van der Waals surface area (Å²) in [4.78, 5) is 14.1. The van der Waals surface area contributed by atoms with Crippen LogP contribution in [0.3, 0.4) is 0 Å². The molecule has 0 radical (unpaired) electrons. The minimum Gasteiger partial charge on any atom is -0.368 e. The Bertz CT molecular complexity index is 986.